The molecule has 0 unspecified atom stereocenters. The highest BCUT2D eigenvalue weighted by molar-refractivity contribution is 5.56. The quantitative estimate of drug-likeness (QED) is 0.240. The molecule has 0 spiro atoms. The van der Waals surface area contributed by atoms with Gasteiger partial charge in [0, 0.05) is 12.6 Å². The van der Waals surface area contributed by atoms with E-state index in [0.717, 1.165) is 12.8 Å². The standard InChI is InChI=1S/C7H10NO/c1-3-4-5-6-7-8-9-2/h7H,4-6H2,2H3/b8-7-. The molecule has 2 nitrogen and oxygen atoms in total. The van der Waals surface area contributed by atoms with Crippen molar-refractivity contribution >= 4 is 6.21 Å². The minimum atomic E-state index is 0.704. The van der Waals surface area contributed by atoms with Gasteiger partial charge in [0.2, 0.25) is 0 Å². The lowest BCUT2D eigenvalue weighted by Crippen LogP contribution is -1.76. The van der Waals surface area contributed by atoms with Gasteiger partial charge in [-0.25, -0.2) is 0 Å². The van der Waals surface area contributed by atoms with E-state index in [0.29, 0.717) is 6.42 Å². The minimum absolute atomic E-state index is 0.704. The molecule has 1 radical (unpaired) electrons. The van der Waals surface area contributed by atoms with Crippen molar-refractivity contribution < 1.29 is 4.84 Å². The summed E-state index contributed by atoms with van der Waals surface area (Å²) in [6.45, 7) is 0. The van der Waals surface area contributed by atoms with Crippen LogP contribution in [0.4, 0.5) is 0 Å². The summed E-state index contributed by atoms with van der Waals surface area (Å²) < 4.78 is 0. The Balaban J connectivity index is 2.92. The van der Waals surface area contributed by atoms with E-state index in [4.69, 9.17) is 6.42 Å². The zero-order valence-corrected chi connectivity index (χ0v) is 5.55. The van der Waals surface area contributed by atoms with Gasteiger partial charge in [-0.1, -0.05) is 11.1 Å². The van der Waals surface area contributed by atoms with Crippen LogP contribution in [0.25, 0.3) is 0 Å². The number of hydrogen-bond acceptors (Lipinski definition) is 2. The fraction of sp³-hybridized carbons (Fsp3) is 0.571. The first kappa shape index (κ1) is 8.03. The van der Waals surface area contributed by atoms with Crippen molar-refractivity contribution in [1.82, 2.24) is 0 Å². The van der Waals surface area contributed by atoms with E-state index in [-0.39, 0.29) is 0 Å². The van der Waals surface area contributed by atoms with Crippen LogP contribution in [0.2, 0.25) is 0 Å². The van der Waals surface area contributed by atoms with E-state index < -0.39 is 0 Å². The Labute approximate surface area is 55.9 Å². The molecular formula is C7H10NO. The molecule has 0 saturated heterocycles. The molecule has 0 fully saturated rings. The van der Waals surface area contributed by atoms with Crippen LogP contribution in [0.3, 0.4) is 0 Å². The minimum Gasteiger partial charge on any atom is -0.399 e. The summed E-state index contributed by atoms with van der Waals surface area (Å²) >= 11 is 0. The van der Waals surface area contributed by atoms with Gasteiger partial charge >= 0.3 is 0 Å². The van der Waals surface area contributed by atoms with Crippen molar-refractivity contribution in [3.05, 3.63) is 6.42 Å². The molecular weight excluding hydrogens is 114 g/mol. The largest absolute Gasteiger partial charge is 0.399 e. The van der Waals surface area contributed by atoms with Gasteiger partial charge in [0.1, 0.15) is 7.11 Å². The van der Waals surface area contributed by atoms with Crippen molar-refractivity contribution in [3.63, 3.8) is 0 Å². The van der Waals surface area contributed by atoms with Gasteiger partial charge < -0.3 is 4.84 Å². The third-order valence-electron chi connectivity index (χ3n) is 0.815. The molecule has 0 N–H and O–H groups in total. The van der Waals surface area contributed by atoms with Crippen LogP contribution < -0.4 is 0 Å². The van der Waals surface area contributed by atoms with Gasteiger partial charge in [-0.2, -0.15) is 0 Å². The fourth-order valence-corrected chi connectivity index (χ4v) is 0.409. The topological polar surface area (TPSA) is 21.6 Å². The summed E-state index contributed by atoms with van der Waals surface area (Å²) in [7, 11) is 1.51. The molecule has 0 amide bonds. The molecule has 0 heterocycles. The van der Waals surface area contributed by atoms with Gasteiger partial charge in [-0.15, -0.1) is 0 Å². The van der Waals surface area contributed by atoms with Crippen molar-refractivity contribution in [2.24, 2.45) is 5.16 Å². The normalized spacial score (nSPS) is 9.33. The van der Waals surface area contributed by atoms with Gasteiger partial charge in [-0.3, -0.25) is 0 Å². The zero-order valence-electron chi connectivity index (χ0n) is 5.55. The maximum atomic E-state index is 6.56. The second-order valence-electron chi connectivity index (χ2n) is 1.54. The first-order valence-corrected chi connectivity index (χ1v) is 2.86. The highest BCUT2D eigenvalue weighted by Crippen LogP contribution is 1.89. The lowest BCUT2D eigenvalue weighted by atomic mass is 10.3. The molecule has 2 heteroatoms. The molecule has 0 aliphatic heterocycles. The van der Waals surface area contributed by atoms with Gasteiger partial charge in [0.25, 0.3) is 0 Å². The molecule has 0 atom stereocenters. The molecule has 0 aromatic heterocycles. The number of rotatable bonds is 4. The van der Waals surface area contributed by atoms with Crippen LogP contribution in [0.1, 0.15) is 19.3 Å². The van der Waals surface area contributed by atoms with E-state index in [1.807, 2.05) is 0 Å². The number of oxime groups is 1. The van der Waals surface area contributed by atoms with Crippen molar-refractivity contribution in [2.45, 2.75) is 19.3 Å². The van der Waals surface area contributed by atoms with Crippen LogP contribution in [0.5, 0.6) is 0 Å². The van der Waals surface area contributed by atoms with Crippen LogP contribution in [-0.2, 0) is 4.84 Å². The molecule has 0 aliphatic rings. The fourth-order valence-electron chi connectivity index (χ4n) is 0.409. The third-order valence-corrected chi connectivity index (χ3v) is 0.815. The maximum Gasteiger partial charge on any atom is 0.106 e. The second kappa shape index (κ2) is 7.03. The van der Waals surface area contributed by atoms with E-state index >= 15 is 0 Å². The summed E-state index contributed by atoms with van der Waals surface area (Å²) in [5.74, 6) is 2.29. The summed E-state index contributed by atoms with van der Waals surface area (Å²) in [6, 6.07) is 0. The van der Waals surface area contributed by atoms with Crippen LogP contribution in [0.15, 0.2) is 5.16 Å². The van der Waals surface area contributed by atoms with Gasteiger partial charge in [0.15, 0.2) is 0 Å². The van der Waals surface area contributed by atoms with Gasteiger partial charge in [0.05, 0.1) is 0 Å². The molecule has 0 saturated carbocycles. The van der Waals surface area contributed by atoms with Gasteiger partial charge in [-0.05, 0) is 19.3 Å². The van der Waals surface area contributed by atoms with Crippen LogP contribution in [-0.4, -0.2) is 13.3 Å². The van der Waals surface area contributed by atoms with E-state index in [1.165, 1.54) is 7.11 Å². The first-order chi connectivity index (χ1) is 4.41. The molecule has 0 rings (SSSR count). The van der Waals surface area contributed by atoms with Crippen molar-refractivity contribution in [2.75, 3.05) is 7.11 Å². The third kappa shape index (κ3) is 7.03. The second-order valence-corrected chi connectivity index (χ2v) is 1.54. The molecule has 49 valence electrons. The first-order valence-electron chi connectivity index (χ1n) is 2.86. The summed E-state index contributed by atoms with van der Waals surface area (Å²) in [6.07, 6.45) is 10.7. The number of unbranched alkanes of at least 4 members (excludes halogenated alkanes) is 2. The lowest BCUT2D eigenvalue weighted by Gasteiger charge is -1.85. The Kier molecular flexibility index (Phi) is 6.27. The van der Waals surface area contributed by atoms with E-state index in [2.05, 4.69) is 15.9 Å². The Hall–Kier alpha value is -0.970. The summed E-state index contributed by atoms with van der Waals surface area (Å²) in [4.78, 5) is 4.42. The maximum absolute atomic E-state index is 6.56. The van der Waals surface area contributed by atoms with E-state index in [1.54, 1.807) is 6.21 Å². The lowest BCUT2D eigenvalue weighted by molar-refractivity contribution is 0.214. The average molecular weight is 124 g/mol. The number of hydrogen-bond donors (Lipinski definition) is 0. The molecule has 0 aromatic carbocycles. The summed E-state index contributed by atoms with van der Waals surface area (Å²) in [5.41, 5.74) is 0. The number of nitrogens with zero attached hydrogens (tertiary/aromatic N) is 1. The van der Waals surface area contributed by atoms with Crippen molar-refractivity contribution in [1.29, 1.82) is 0 Å². The smallest absolute Gasteiger partial charge is 0.106 e. The highest BCUT2D eigenvalue weighted by atomic mass is 16.6. The highest BCUT2D eigenvalue weighted by Gasteiger charge is 1.78. The molecule has 0 bridgehead atoms. The molecule has 0 aliphatic carbocycles. The summed E-state index contributed by atoms with van der Waals surface area (Å²) in [5, 5.41) is 3.53. The Morgan fingerprint density at radius 3 is 3.11 bits per heavy atom. The Morgan fingerprint density at radius 2 is 2.56 bits per heavy atom. The molecule has 9 heavy (non-hydrogen) atoms. The van der Waals surface area contributed by atoms with E-state index in [9.17, 15) is 0 Å². The predicted molar refractivity (Wildman–Crippen MR) is 36.5 cm³/mol. The predicted octanol–water partition coefficient (Wildman–Crippen LogP) is 1.38. The molecule has 0 aromatic rings. The Morgan fingerprint density at radius 1 is 1.78 bits per heavy atom. The zero-order chi connectivity index (χ0) is 6.95. The van der Waals surface area contributed by atoms with Crippen molar-refractivity contribution in [3.8, 4) is 5.92 Å². The Bertz CT molecular complexity index is 113. The van der Waals surface area contributed by atoms with Crippen LogP contribution >= 0.6 is 0 Å². The monoisotopic (exact) mass is 124 g/mol. The average Bonchev–Trinajstić information content (AvgIpc) is 1.89. The SMILES string of the molecule is [C]#CCCC/C=N\OC. The van der Waals surface area contributed by atoms with Crippen LogP contribution in [0, 0.1) is 12.3 Å².